The van der Waals surface area contributed by atoms with Gasteiger partial charge in [0.05, 0.1) is 38.1 Å². The van der Waals surface area contributed by atoms with E-state index in [0.29, 0.717) is 44.1 Å². The van der Waals surface area contributed by atoms with Gasteiger partial charge in [-0.1, -0.05) is 0 Å². The van der Waals surface area contributed by atoms with E-state index in [9.17, 15) is 14.0 Å². The lowest BCUT2D eigenvalue weighted by atomic mass is 10.2. The minimum Gasteiger partial charge on any atom is -0.474 e. The van der Waals surface area contributed by atoms with E-state index in [1.54, 1.807) is 12.1 Å². The van der Waals surface area contributed by atoms with Crippen LogP contribution in [-0.4, -0.2) is 74.7 Å². The van der Waals surface area contributed by atoms with E-state index in [-0.39, 0.29) is 17.6 Å². The van der Waals surface area contributed by atoms with E-state index in [2.05, 4.69) is 10.7 Å². The van der Waals surface area contributed by atoms with Crippen molar-refractivity contribution in [3.8, 4) is 0 Å². The number of carbonyl (C=O) groups is 2. The smallest absolute Gasteiger partial charge is 0.414 e. The molecule has 2 amide bonds. The van der Waals surface area contributed by atoms with Gasteiger partial charge in [-0.3, -0.25) is 14.7 Å². The summed E-state index contributed by atoms with van der Waals surface area (Å²) in [4.78, 5) is 26.9. The monoisotopic (exact) mass is 425 g/mol. The Morgan fingerprint density at radius 1 is 1.41 bits per heavy atom. The standard InChI is InChI=1S/C18H24FN5O4S/c1-12(25)24-8-7-22(6-5-21-24)16-4-3-13(9-15(16)19)23-11-14(28-18(23)26)10-20-17(29)27-2/h3-4,9,14,21H,5-8,10-11H2,1-2H3,(H,20,29)/t14-/m0/s1. The topological polar surface area (TPSA) is 86.4 Å². The van der Waals surface area contributed by atoms with Crippen LogP contribution in [0.4, 0.5) is 20.6 Å². The van der Waals surface area contributed by atoms with Gasteiger partial charge in [0, 0.05) is 26.6 Å². The second kappa shape index (κ2) is 9.23. The maximum Gasteiger partial charge on any atom is 0.414 e. The summed E-state index contributed by atoms with van der Waals surface area (Å²) < 4.78 is 25.0. The normalized spacial score (nSPS) is 19.6. The first kappa shape index (κ1) is 21.1. The first-order valence-electron chi connectivity index (χ1n) is 9.25. The van der Waals surface area contributed by atoms with Crippen molar-refractivity contribution in [2.75, 3.05) is 56.2 Å². The molecular weight excluding hydrogens is 401 g/mol. The molecular formula is C18H24FN5O4S. The number of amides is 2. The molecule has 2 heterocycles. The number of halogens is 1. The van der Waals surface area contributed by atoms with Gasteiger partial charge in [-0.15, -0.1) is 0 Å². The van der Waals surface area contributed by atoms with Gasteiger partial charge in [-0.05, 0) is 30.4 Å². The van der Waals surface area contributed by atoms with E-state index in [0.717, 1.165) is 0 Å². The molecule has 0 bridgehead atoms. The Morgan fingerprint density at radius 2 is 2.21 bits per heavy atom. The molecule has 0 aliphatic carbocycles. The number of rotatable bonds is 4. The highest BCUT2D eigenvalue weighted by molar-refractivity contribution is 7.80. The quantitative estimate of drug-likeness (QED) is 0.687. The van der Waals surface area contributed by atoms with Gasteiger partial charge in [0.1, 0.15) is 11.9 Å². The van der Waals surface area contributed by atoms with Gasteiger partial charge in [0.2, 0.25) is 5.91 Å². The van der Waals surface area contributed by atoms with E-state index >= 15 is 0 Å². The predicted molar refractivity (Wildman–Crippen MR) is 109 cm³/mol. The molecule has 0 saturated carbocycles. The molecule has 2 aliphatic heterocycles. The summed E-state index contributed by atoms with van der Waals surface area (Å²) in [6.45, 7) is 4.10. The summed E-state index contributed by atoms with van der Waals surface area (Å²) in [5.74, 6) is -0.515. The maximum atomic E-state index is 14.8. The zero-order valence-corrected chi connectivity index (χ0v) is 17.1. The van der Waals surface area contributed by atoms with E-state index < -0.39 is 18.0 Å². The third-order valence-corrected chi connectivity index (χ3v) is 5.09. The Labute approximate surface area is 173 Å². The Kier molecular flexibility index (Phi) is 6.70. The number of methoxy groups -OCH3 is 1. The molecule has 11 heteroatoms. The molecule has 2 N–H and O–H groups in total. The second-order valence-electron chi connectivity index (χ2n) is 6.69. The first-order chi connectivity index (χ1) is 13.9. The Hall–Kier alpha value is -2.66. The zero-order chi connectivity index (χ0) is 21.0. The van der Waals surface area contributed by atoms with Crippen LogP contribution in [0.25, 0.3) is 0 Å². The van der Waals surface area contributed by atoms with E-state index in [1.165, 1.54) is 30.0 Å². The fraction of sp³-hybridized carbons (Fsp3) is 0.500. The van der Waals surface area contributed by atoms with Crippen LogP contribution in [0.15, 0.2) is 18.2 Å². The summed E-state index contributed by atoms with van der Waals surface area (Å²) in [6, 6.07) is 4.66. The van der Waals surface area contributed by atoms with Crippen LogP contribution in [0, 0.1) is 5.82 Å². The van der Waals surface area contributed by atoms with Crippen molar-refractivity contribution in [2.45, 2.75) is 13.0 Å². The summed E-state index contributed by atoms with van der Waals surface area (Å²) in [5.41, 5.74) is 3.87. The summed E-state index contributed by atoms with van der Waals surface area (Å²) in [5, 5.41) is 4.58. The number of anilines is 2. The lowest BCUT2D eigenvalue weighted by molar-refractivity contribution is -0.131. The summed E-state index contributed by atoms with van der Waals surface area (Å²) >= 11 is 4.90. The molecule has 1 aromatic rings. The van der Waals surface area contributed by atoms with Crippen LogP contribution in [0.3, 0.4) is 0 Å². The van der Waals surface area contributed by atoms with Gasteiger partial charge in [-0.2, -0.15) is 0 Å². The van der Waals surface area contributed by atoms with E-state index in [4.69, 9.17) is 21.7 Å². The molecule has 158 valence electrons. The molecule has 2 saturated heterocycles. The predicted octanol–water partition coefficient (Wildman–Crippen LogP) is 0.845. The van der Waals surface area contributed by atoms with Crippen molar-refractivity contribution in [1.29, 1.82) is 0 Å². The average molecular weight is 425 g/mol. The lowest BCUT2D eigenvalue weighted by Crippen LogP contribution is -2.42. The largest absolute Gasteiger partial charge is 0.474 e. The number of thiocarbonyl (C=S) groups is 1. The third kappa shape index (κ3) is 5.04. The van der Waals surface area contributed by atoms with E-state index in [1.807, 2.05) is 4.90 Å². The van der Waals surface area contributed by atoms with Crippen molar-refractivity contribution < 1.29 is 23.5 Å². The average Bonchev–Trinajstić information content (AvgIpc) is 2.90. The fourth-order valence-corrected chi connectivity index (χ4v) is 3.35. The molecule has 29 heavy (non-hydrogen) atoms. The zero-order valence-electron chi connectivity index (χ0n) is 16.3. The van der Waals surface area contributed by atoms with Crippen molar-refractivity contribution >= 4 is 40.8 Å². The fourth-order valence-electron chi connectivity index (χ4n) is 3.27. The Balaban J connectivity index is 1.65. The molecule has 2 fully saturated rings. The van der Waals surface area contributed by atoms with Crippen LogP contribution < -0.4 is 20.5 Å². The molecule has 3 rings (SSSR count). The lowest BCUT2D eigenvalue weighted by Gasteiger charge is -2.24. The molecule has 0 radical (unpaired) electrons. The van der Waals surface area contributed by atoms with Crippen molar-refractivity contribution in [3.63, 3.8) is 0 Å². The first-order valence-corrected chi connectivity index (χ1v) is 9.66. The van der Waals surface area contributed by atoms with Gasteiger partial charge >= 0.3 is 6.09 Å². The summed E-state index contributed by atoms with van der Waals surface area (Å²) in [6.07, 6.45) is -0.962. The van der Waals surface area contributed by atoms with Crippen LogP contribution in [0.5, 0.6) is 0 Å². The highest BCUT2D eigenvalue weighted by atomic mass is 32.1. The minimum atomic E-state index is -0.539. The van der Waals surface area contributed by atoms with Gasteiger partial charge in [0.15, 0.2) is 0 Å². The number of hydrogen-bond donors (Lipinski definition) is 2. The molecule has 1 aromatic carbocycles. The van der Waals surface area contributed by atoms with Gasteiger partial charge in [0.25, 0.3) is 5.17 Å². The second-order valence-corrected chi connectivity index (χ2v) is 7.06. The third-order valence-electron chi connectivity index (χ3n) is 4.78. The minimum absolute atomic E-state index is 0.0782. The number of ether oxygens (including phenoxy) is 2. The van der Waals surface area contributed by atoms with Crippen molar-refractivity contribution in [3.05, 3.63) is 24.0 Å². The van der Waals surface area contributed by atoms with Gasteiger partial charge < -0.3 is 19.7 Å². The number of nitrogens with zero attached hydrogens (tertiary/aromatic N) is 3. The van der Waals surface area contributed by atoms with Crippen molar-refractivity contribution in [2.24, 2.45) is 0 Å². The molecule has 2 aliphatic rings. The Bertz CT molecular complexity index is 796. The Morgan fingerprint density at radius 3 is 2.90 bits per heavy atom. The maximum absolute atomic E-state index is 14.8. The molecule has 1 atom stereocenters. The summed E-state index contributed by atoms with van der Waals surface area (Å²) in [7, 11) is 1.45. The highest BCUT2D eigenvalue weighted by Gasteiger charge is 2.33. The number of carbonyl (C=O) groups excluding carboxylic acids is 2. The number of cyclic esters (lactones) is 1. The number of hydrogen-bond acceptors (Lipinski definition) is 7. The van der Waals surface area contributed by atoms with Crippen molar-refractivity contribution in [1.82, 2.24) is 15.8 Å². The molecule has 0 aromatic heterocycles. The number of benzene rings is 1. The molecule has 9 nitrogen and oxygen atoms in total. The molecule has 0 spiro atoms. The van der Waals surface area contributed by atoms with Crippen LogP contribution in [0.1, 0.15) is 6.92 Å². The van der Waals surface area contributed by atoms with Crippen LogP contribution >= 0.6 is 12.2 Å². The van der Waals surface area contributed by atoms with Crippen LogP contribution in [-0.2, 0) is 14.3 Å². The number of hydrazine groups is 1. The molecule has 0 unspecified atom stereocenters. The highest BCUT2D eigenvalue weighted by Crippen LogP contribution is 2.28. The van der Waals surface area contributed by atoms with Crippen LogP contribution in [0.2, 0.25) is 0 Å². The van der Waals surface area contributed by atoms with Gasteiger partial charge in [-0.25, -0.2) is 14.6 Å². The number of nitrogens with one attached hydrogen (secondary N) is 2. The SMILES string of the molecule is COC(=S)NC[C@H]1CN(c2ccc(N3CCNN(C(C)=O)CC3)c(F)c2)C(=O)O1.